The number of rotatable bonds is 10. The van der Waals surface area contributed by atoms with Crippen LogP contribution in [0.2, 0.25) is 5.02 Å². The molecule has 108 valence electrons. The quantitative estimate of drug-likeness (QED) is 0.649. The average molecular weight is 286 g/mol. The second-order valence-electron chi connectivity index (χ2n) is 4.68. The highest BCUT2D eigenvalue weighted by molar-refractivity contribution is 6.30. The Kier molecular flexibility index (Phi) is 8.63. The van der Waals surface area contributed by atoms with Gasteiger partial charge in [0.15, 0.2) is 0 Å². The van der Waals surface area contributed by atoms with Gasteiger partial charge in [-0.25, -0.2) is 0 Å². The lowest BCUT2D eigenvalue weighted by Gasteiger charge is -2.13. The first-order chi connectivity index (χ1) is 9.22. The molecular formula is C15H24ClNO2. The minimum Gasteiger partial charge on any atom is -0.491 e. The van der Waals surface area contributed by atoms with Gasteiger partial charge in [-0.3, -0.25) is 0 Å². The third-order valence-corrected chi connectivity index (χ3v) is 3.10. The minimum atomic E-state index is -0.484. The number of ether oxygens (including phenoxy) is 1. The normalized spacial score (nSPS) is 12.4. The van der Waals surface area contributed by atoms with Crippen molar-refractivity contribution in [3.05, 3.63) is 29.3 Å². The Morgan fingerprint density at radius 2 is 1.95 bits per heavy atom. The second-order valence-corrected chi connectivity index (χ2v) is 5.12. The lowest BCUT2D eigenvalue weighted by Crippen LogP contribution is -2.32. The maximum Gasteiger partial charge on any atom is 0.119 e. The van der Waals surface area contributed by atoms with Crippen LogP contribution in [0, 0.1) is 0 Å². The molecular weight excluding hydrogens is 262 g/mol. The molecule has 0 radical (unpaired) electrons. The van der Waals surface area contributed by atoms with Gasteiger partial charge in [-0.15, -0.1) is 0 Å². The van der Waals surface area contributed by atoms with E-state index in [2.05, 4.69) is 12.2 Å². The zero-order chi connectivity index (χ0) is 13.9. The number of hydrogen-bond donors (Lipinski definition) is 2. The second kappa shape index (κ2) is 10.1. The third kappa shape index (κ3) is 8.09. The van der Waals surface area contributed by atoms with Crippen LogP contribution in [0.5, 0.6) is 5.75 Å². The van der Waals surface area contributed by atoms with Crippen LogP contribution in [0.3, 0.4) is 0 Å². The molecule has 2 N–H and O–H groups in total. The summed E-state index contributed by atoms with van der Waals surface area (Å²) in [4.78, 5) is 0. The van der Waals surface area contributed by atoms with Crippen LogP contribution in [-0.2, 0) is 0 Å². The maximum absolute atomic E-state index is 9.75. The minimum absolute atomic E-state index is 0.295. The number of aliphatic hydroxyl groups excluding tert-OH is 1. The molecule has 1 rings (SSSR count). The number of unbranched alkanes of at least 4 members (excludes halogenated alkanes) is 3. The van der Waals surface area contributed by atoms with Crippen LogP contribution < -0.4 is 10.1 Å². The van der Waals surface area contributed by atoms with E-state index in [-0.39, 0.29) is 0 Å². The fourth-order valence-electron chi connectivity index (χ4n) is 1.73. The maximum atomic E-state index is 9.75. The van der Waals surface area contributed by atoms with Crippen molar-refractivity contribution in [3.63, 3.8) is 0 Å². The standard InChI is InChI=1S/C15H24ClNO2/c1-2-3-4-5-10-17-11-14(18)12-19-15-8-6-13(16)7-9-15/h6-9,14,17-18H,2-5,10-12H2,1H3/t14-/m1/s1. The Labute approximate surface area is 120 Å². The van der Waals surface area contributed by atoms with Crippen LogP contribution in [0.4, 0.5) is 0 Å². The molecule has 0 fully saturated rings. The fourth-order valence-corrected chi connectivity index (χ4v) is 1.85. The molecule has 0 aliphatic rings. The summed E-state index contributed by atoms with van der Waals surface area (Å²) in [7, 11) is 0. The van der Waals surface area contributed by atoms with Gasteiger partial charge in [0.1, 0.15) is 18.5 Å². The number of benzene rings is 1. The Balaban J connectivity index is 2.04. The summed E-state index contributed by atoms with van der Waals surface area (Å²) < 4.78 is 5.47. The third-order valence-electron chi connectivity index (χ3n) is 2.84. The topological polar surface area (TPSA) is 41.5 Å². The SMILES string of the molecule is CCCCCCNC[C@@H](O)COc1ccc(Cl)cc1. The largest absolute Gasteiger partial charge is 0.491 e. The molecule has 0 heterocycles. The first-order valence-electron chi connectivity index (χ1n) is 6.99. The smallest absolute Gasteiger partial charge is 0.119 e. The van der Waals surface area contributed by atoms with Crippen molar-refractivity contribution in [2.75, 3.05) is 19.7 Å². The molecule has 0 aliphatic carbocycles. The van der Waals surface area contributed by atoms with Crippen LogP contribution in [0.15, 0.2) is 24.3 Å². The van der Waals surface area contributed by atoms with Gasteiger partial charge in [0, 0.05) is 11.6 Å². The summed E-state index contributed by atoms with van der Waals surface area (Å²) in [6.45, 7) is 4.02. The van der Waals surface area contributed by atoms with Crippen molar-refractivity contribution in [1.82, 2.24) is 5.32 Å². The van der Waals surface area contributed by atoms with Gasteiger partial charge < -0.3 is 15.2 Å². The van der Waals surface area contributed by atoms with Gasteiger partial charge in [-0.1, -0.05) is 37.8 Å². The summed E-state index contributed by atoms with van der Waals surface area (Å²) in [5.74, 6) is 0.728. The van der Waals surface area contributed by atoms with E-state index in [0.29, 0.717) is 18.2 Å². The van der Waals surface area contributed by atoms with Gasteiger partial charge in [0.05, 0.1) is 0 Å². The van der Waals surface area contributed by atoms with E-state index in [1.54, 1.807) is 24.3 Å². The van der Waals surface area contributed by atoms with E-state index in [1.807, 2.05) is 0 Å². The number of halogens is 1. The van der Waals surface area contributed by atoms with Crippen molar-refractivity contribution in [3.8, 4) is 5.75 Å². The van der Waals surface area contributed by atoms with Crippen molar-refractivity contribution >= 4 is 11.6 Å². The molecule has 3 nitrogen and oxygen atoms in total. The molecule has 1 aromatic carbocycles. The highest BCUT2D eigenvalue weighted by Crippen LogP contribution is 2.15. The summed E-state index contributed by atoms with van der Waals surface area (Å²) in [6.07, 6.45) is 4.46. The molecule has 0 spiro atoms. The zero-order valence-corrected chi connectivity index (χ0v) is 12.3. The van der Waals surface area contributed by atoms with Crippen LogP contribution in [-0.4, -0.2) is 30.9 Å². The van der Waals surface area contributed by atoms with Gasteiger partial charge >= 0.3 is 0 Å². The predicted octanol–water partition coefficient (Wildman–Crippen LogP) is 3.25. The molecule has 0 saturated heterocycles. The number of nitrogens with one attached hydrogen (secondary N) is 1. The Hall–Kier alpha value is -0.770. The van der Waals surface area contributed by atoms with Crippen molar-refractivity contribution in [2.24, 2.45) is 0 Å². The lowest BCUT2D eigenvalue weighted by molar-refractivity contribution is 0.106. The van der Waals surface area contributed by atoms with Crippen LogP contribution in [0.1, 0.15) is 32.6 Å². The average Bonchev–Trinajstić information content (AvgIpc) is 2.42. The zero-order valence-electron chi connectivity index (χ0n) is 11.6. The summed E-state index contributed by atoms with van der Waals surface area (Å²) >= 11 is 5.78. The molecule has 1 atom stereocenters. The van der Waals surface area contributed by atoms with Crippen LogP contribution >= 0.6 is 11.6 Å². The summed E-state index contributed by atoms with van der Waals surface area (Å²) in [5.41, 5.74) is 0. The summed E-state index contributed by atoms with van der Waals surface area (Å²) in [5, 5.41) is 13.7. The van der Waals surface area contributed by atoms with E-state index in [4.69, 9.17) is 16.3 Å². The molecule has 0 amide bonds. The molecule has 0 saturated carbocycles. The van der Waals surface area contributed by atoms with Gasteiger partial charge in [0.25, 0.3) is 0 Å². The Morgan fingerprint density at radius 3 is 2.63 bits per heavy atom. The van der Waals surface area contributed by atoms with E-state index in [9.17, 15) is 5.11 Å². The van der Waals surface area contributed by atoms with E-state index in [1.165, 1.54) is 25.7 Å². The first kappa shape index (κ1) is 16.3. The van der Waals surface area contributed by atoms with Crippen molar-refractivity contribution < 1.29 is 9.84 Å². The van der Waals surface area contributed by atoms with Gasteiger partial charge in [-0.05, 0) is 37.2 Å². The Bertz CT molecular complexity index is 329. The Morgan fingerprint density at radius 1 is 1.21 bits per heavy atom. The van der Waals surface area contributed by atoms with E-state index >= 15 is 0 Å². The molecule has 0 aromatic heterocycles. The highest BCUT2D eigenvalue weighted by Gasteiger charge is 2.04. The molecule has 4 heteroatoms. The first-order valence-corrected chi connectivity index (χ1v) is 7.37. The van der Waals surface area contributed by atoms with Crippen molar-refractivity contribution in [1.29, 1.82) is 0 Å². The summed E-state index contributed by atoms with van der Waals surface area (Å²) in [6, 6.07) is 7.14. The molecule has 1 aromatic rings. The number of hydrogen-bond acceptors (Lipinski definition) is 3. The van der Waals surface area contributed by atoms with E-state index < -0.39 is 6.10 Å². The van der Waals surface area contributed by atoms with Crippen LogP contribution in [0.25, 0.3) is 0 Å². The van der Waals surface area contributed by atoms with Crippen molar-refractivity contribution in [2.45, 2.75) is 38.7 Å². The molecule has 0 unspecified atom stereocenters. The molecule has 0 bridgehead atoms. The van der Waals surface area contributed by atoms with E-state index in [0.717, 1.165) is 12.3 Å². The molecule has 0 aliphatic heterocycles. The monoisotopic (exact) mass is 285 g/mol. The lowest BCUT2D eigenvalue weighted by atomic mass is 10.2. The predicted molar refractivity (Wildman–Crippen MR) is 80.0 cm³/mol. The van der Waals surface area contributed by atoms with Gasteiger partial charge in [-0.2, -0.15) is 0 Å². The fraction of sp³-hybridized carbons (Fsp3) is 0.600. The number of aliphatic hydroxyl groups is 1. The van der Waals surface area contributed by atoms with Gasteiger partial charge in [0.2, 0.25) is 0 Å². The molecule has 19 heavy (non-hydrogen) atoms. The highest BCUT2D eigenvalue weighted by atomic mass is 35.5.